The molecule has 1 aliphatic heterocycles. The van der Waals surface area contributed by atoms with Gasteiger partial charge in [-0.25, -0.2) is 0 Å². The van der Waals surface area contributed by atoms with Gasteiger partial charge in [0.05, 0.1) is 4.88 Å². The number of thiophene rings is 1. The van der Waals surface area contributed by atoms with Gasteiger partial charge in [0.1, 0.15) is 6.04 Å². The molecule has 0 spiro atoms. The number of likely N-dealkylation sites (tertiary alicyclic amines) is 1. The molecule has 1 saturated heterocycles. The zero-order chi connectivity index (χ0) is 15.5. The second-order valence-electron chi connectivity index (χ2n) is 5.13. The van der Waals surface area contributed by atoms with E-state index < -0.39 is 6.04 Å². The van der Waals surface area contributed by atoms with Crippen LogP contribution in [0.2, 0.25) is 5.02 Å². The minimum atomic E-state index is -0.412. The quantitative estimate of drug-likeness (QED) is 0.931. The minimum absolute atomic E-state index is 0.0660. The number of nitrogens with zero attached hydrogens (tertiary/aromatic N) is 1. The Morgan fingerprint density at radius 2 is 2.00 bits per heavy atom. The molecular formula is C16H15ClN2O2S. The molecular weight excluding hydrogens is 320 g/mol. The molecule has 2 amide bonds. The Kier molecular flexibility index (Phi) is 4.45. The summed E-state index contributed by atoms with van der Waals surface area (Å²) >= 11 is 7.23. The number of benzene rings is 1. The first kappa shape index (κ1) is 15.1. The second-order valence-corrected chi connectivity index (χ2v) is 6.51. The Hall–Kier alpha value is -1.85. The van der Waals surface area contributed by atoms with E-state index in [9.17, 15) is 9.59 Å². The maximum absolute atomic E-state index is 12.5. The normalized spacial score (nSPS) is 17.5. The predicted octanol–water partition coefficient (Wildman–Crippen LogP) is 3.64. The van der Waals surface area contributed by atoms with Crippen LogP contribution in [0, 0.1) is 0 Å². The summed E-state index contributed by atoms with van der Waals surface area (Å²) in [6.07, 6.45) is 1.53. The molecule has 1 aromatic heterocycles. The highest BCUT2D eigenvalue weighted by Crippen LogP contribution is 2.23. The van der Waals surface area contributed by atoms with E-state index >= 15 is 0 Å². The molecule has 0 aliphatic carbocycles. The first-order valence-electron chi connectivity index (χ1n) is 7.06. The molecule has 22 heavy (non-hydrogen) atoms. The highest BCUT2D eigenvalue weighted by molar-refractivity contribution is 7.12. The topological polar surface area (TPSA) is 49.4 Å². The van der Waals surface area contributed by atoms with Gasteiger partial charge in [0.25, 0.3) is 5.91 Å². The number of anilines is 1. The van der Waals surface area contributed by atoms with Gasteiger partial charge in [0.2, 0.25) is 5.91 Å². The van der Waals surface area contributed by atoms with Crippen molar-refractivity contribution in [2.75, 3.05) is 11.9 Å². The van der Waals surface area contributed by atoms with Gasteiger partial charge in [-0.15, -0.1) is 11.3 Å². The van der Waals surface area contributed by atoms with Crippen LogP contribution in [0.1, 0.15) is 22.5 Å². The van der Waals surface area contributed by atoms with Crippen LogP contribution >= 0.6 is 22.9 Å². The molecule has 1 aliphatic rings. The molecule has 6 heteroatoms. The van der Waals surface area contributed by atoms with E-state index in [2.05, 4.69) is 5.32 Å². The van der Waals surface area contributed by atoms with E-state index in [0.29, 0.717) is 28.6 Å². The Bertz CT molecular complexity index is 670. The fourth-order valence-electron chi connectivity index (χ4n) is 2.58. The van der Waals surface area contributed by atoms with Crippen molar-refractivity contribution >= 4 is 40.4 Å². The number of amides is 2. The number of carbonyl (C=O) groups is 2. The third-order valence-corrected chi connectivity index (χ3v) is 4.77. The summed E-state index contributed by atoms with van der Waals surface area (Å²) in [5, 5.41) is 5.34. The SMILES string of the molecule is O=C(Nc1ccc(Cl)cc1)[C@@H]1CCCN1C(=O)c1cccs1. The summed E-state index contributed by atoms with van der Waals surface area (Å²) in [6.45, 7) is 0.620. The lowest BCUT2D eigenvalue weighted by molar-refractivity contribution is -0.119. The molecule has 1 aromatic carbocycles. The van der Waals surface area contributed by atoms with Crippen LogP contribution in [0.3, 0.4) is 0 Å². The summed E-state index contributed by atoms with van der Waals surface area (Å²) in [5.74, 6) is -0.214. The van der Waals surface area contributed by atoms with E-state index in [-0.39, 0.29) is 11.8 Å². The largest absolute Gasteiger partial charge is 0.326 e. The average Bonchev–Trinajstić information content (AvgIpc) is 3.20. The van der Waals surface area contributed by atoms with Crippen LogP contribution < -0.4 is 5.32 Å². The number of hydrogen-bond donors (Lipinski definition) is 1. The van der Waals surface area contributed by atoms with Crippen LogP contribution in [-0.2, 0) is 4.79 Å². The molecule has 114 valence electrons. The van der Waals surface area contributed by atoms with Crippen molar-refractivity contribution in [1.29, 1.82) is 0 Å². The van der Waals surface area contributed by atoms with E-state index in [4.69, 9.17) is 11.6 Å². The van der Waals surface area contributed by atoms with Gasteiger partial charge in [-0.05, 0) is 48.6 Å². The number of halogens is 1. The molecule has 1 fully saturated rings. The summed E-state index contributed by atoms with van der Waals surface area (Å²) in [4.78, 5) is 27.2. The third-order valence-electron chi connectivity index (χ3n) is 3.66. The fourth-order valence-corrected chi connectivity index (χ4v) is 3.39. The Balaban J connectivity index is 1.71. The van der Waals surface area contributed by atoms with Crippen LogP contribution in [0.15, 0.2) is 41.8 Å². The molecule has 0 saturated carbocycles. The van der Waals surface area contributed by atoms with Crippen LogP contribution in [0.5, 0.6) is 0 Å². The highest BCUT2D eigenvalue weighted by Gasteiger charge is 2.34. The molecule has 0 unspecified atom stereocenters. The molecule has 2 heterocycles. The second kappa shape index (κ2) is 6.50. The fraction of sp³-hybridized carbons (Fsp3) is 0.250. The number of carbonyl (C=O) groups excluding carboxylic acids is 2. The van der Waals surface area contributed by atoms with Gasteiger partial charge < -0.3 is 10.2 Å². The monoisotopic (exact) mass is 334 g/mol. The van der Waals surface area contributed by atoms with E-state index in [0.717, 1.165) is 6.42 Å². The Labute approximate surface area is 137 Å². The van der Waals surface area contributed by atoms with Gasteiger partial charge >= 0.3 is 0 Å². The highest BCUT2D eigenvalue weighted by atomic mass is 35.5. The smallest absolute Gasteiger partial charge is 0.264 e. The van der Waals surface area contributed by atoms with Crippen molar-refractivity contribution in [3.63, 3.8) is 0 Å². The maximum atomic E-state index is 12.5. The zero-order valence-corrected chi connectivity index (χ0v) is 13.4. The zero-order valence-electron chi connectivity index (χ0n) is 11.8. The Morgan fingerprint density at radius 1 is 1.23 bits per heavy atom. The maximum Gasteiger partial charge on any atom is 0.264 e. The van der Waals surface area contributed by atoms with Crippen molar-refractivity contribution in [2.24, 2.45) is 0 Å². The molecule has 0 radical (unpaired) electrons. The third kappa shape index (κ3) is 3.15. The molecule has 2 aromatic rings. The van der Waals surface area contributed by atoms with E-state index in [1.807, 2.05) is 11.4 Å². The molecule has 4 nitrogen and oxygen atoms in total. The lowest BCUT2D eigenvalue weighted by Gasteiger charge is -2.23. The van der Waals surface area contributed by atoms with Crippen LogP contribution in [0.4, 0.5) is 5.69 Å². The lowest BCUT2D eigenvalue weighted by Crippen LogP contribution is -2.42. The number of hydrogen-bond acceptors (Lipinski definition) is 3. The summed E-state index contributed by atoms with van der Waals surface area (Å²) < 4.78 is 0. The van der Waals surface area contributed by atoms with Crippen molar-refractivity contribution in [3.8, 4) is 0 Å². The van der Waals surface area contributed by atoms with Crippen LogP contribution in [-0.4, -0.2) is 29.3 Å². The molecule has 1 atom stereocenters. The van der Waals surface area contributed by atoms with Crippen molar-refractivity contribution in [3.05, 3.63) is 51.7 Å². The van der Waals surface area contributed by atoms with Gasteiger partial charge in [0, 0.05) is 17.3 Å². The van der Waals surface area contributed by atoms with E-state index in [1.165, 1.54) is 11.3 Å². The molecule has 1 N–H and O–H groups in total. The van der Waals surface area contributed by atoms with E-state index in [1.54, 1.807) is 35.2 Å². The summed E-state index contributed by atoms with van der Waals surface area (Å²) in [5.41, 5.74) is 0.685. The van der Waals surface area contributed by atoms with Gasteiger partial charge in [-0.2, -0.15) is 0 Å². The first-order chi connectivity index (χ1) is 10.6. The predicted molar refractivity (Wildman–Crippen MR) is 88.5 cm³/mol. The molecule has 3 rings (SSSR count). The number of rotatable bonds is 3. The lowest BCUT2D eigenvalue weighted by atomic mass is 10.2. The van der Waals surface area contributed by atoms with Crippen LogP contribution in [0.25, 0.3) is 0 Å². The van der Waals surface area contributed by atoms with Crippen molar-refractivity contribution in [1.82, 2.24) is 4.90 Å². The van der Waals surface area contributed by atoms with Crippen molar-refractivity contribution < 1.29 is 9.59 Å². The van der Waals surface area contributed by atoms with Gasteiger partial charge in [-0.3, -0.25) is 9.59 Å². The van der Waals surface area contributed by atoms with Gasteiger partial charge in [0.15, 0.2) is 0 Å². The van der Waals surface area contributed by atoms with Gasteiger partial charge in [-0.1, -0.05) is 17.7 Å². The summed E-state index contributed by atoms with van der Waals surface area (Å²) in [6, 6.07) is 10.2. The average molecular weight is 335 g/mol. The standard InChI is InChI=1S/C16H15ClN2O2S/c17-11-5-7-12(8-6-11)18-15(20)13-3-1-9-19(13)16(21)14-4-2-10-22-14/h2,4-8,10,13H,1,3,9H2,(H,18,20)/t13-/m0/s1. The summed E-state index contributed by atoms with van der Waals surface area (Å²) in [7, 11) is 0. The molecule has 0 bridgehead atoms. The van der Waals surface area contributed by atoms with Crippen molar-refractivity contribution in [2.45, 2.75) is 18.9 Å². The first-order valence-corrected chi connectivity index (χ1v) is 8.32. The minimum Gasteiger partial charge on any atom is -0.326 e. The Morgan fingerprint density at radius 3 is 2.68 bits per heavy atom. The number of nitrogens with one attached hydrogen (secondary N) is 1.